The molecule has 0 radical (unpaired) electrons. The molecular formula is C18H24N2O6S. The summed E-state index contributed by atoms with van der Waals surface area (Å²) in [6.07, 6.45) is 0.710. The van der Waals surface area contributed by atoms with E-state index >= 15 is 0 Å². The molecule has 148 valence electrons. The van der Waals surface area contributed by atoms with Crippen molar-refractivity contribution in [1.29, 1.82) is 0 Å². The normalized spacial score (nSPS) is 14.5. The van der Waals surface area contributed by atoms with Gasteiger partial charge in [0, 0.05) is 19.5 Å². The number of likely N-dealkylation sites (tertiary alicyclic amines) is 1. The van der Waals surface area contributed by atoms with Crippen LogP contribution in [0.4, 0.5) is 0 Å². The van der Waals surface area contributed by atoms with Gasteiger partial charge in [0.1, 0.15) is 0 Å². The summed E-state index contributed by atoms with van der Waals surface area (Å²) in [5.74, 6) is -1.54. The van der Waals surface area contributed by atoms with E-state index in [1.165, 1.54) is 0 Å². The van der Waals surface area contributed by atoms with Crippen LogP contribution >= 0.6 is 0 Å². The predicted molar refractivity (Wildman–Crippen MR) is 97.4 cm³/mol. The Morgan fingerprint density at radius 2 is 1.81 bits per heavy atom. The number of benzene rings is 1. The molecule has 1 aromatic carbocycles. The highest BCUT2D eigenvalue weighted by molar-refractivity contribution is 7.89. The minimum Gasteiger partial charge on any atom is -0.456 e. The molecule has 0 unspecified atom stereocenters. The number of aryl methyl sites for hydroxylation is 3. The molecule has 1 aromatic rings. The summed E-state index contributed by atoms with van der Waals surface area (Å²) in [6.45, 7) is 4.99. The third-order valence-corrected chi connectivity index (χ3v) is 5.99. The van der Waals surface area contributed by atoms with E-state index in [1.54, 1.807) is 26.0 Å². The highest BCUT2D eigenvalue weighted by Crippen LogP contribution is 2.21. The van der Waals surface area contributed by atoms with Gasteiger partial charge in [-0.15, -0.1) is 0 Å². The molecular weight excluding hydrogens is 372 g/mol. The van der Waals surface area contributed by atoms with Gasteiger partial charge in [0.15, 0.2) is 6.61 Å². The monoisotopic (exact) mass is 396 g/mol. The molecule has 9 heteroatoms. The molecule has 2 amide bonds. The fourth-order valence-electron chi connectivity index (χ4n) is 3.15. The van der Waals surface area contributed by atoms with Crippen LogP contribution in [0.1, 0.15) is 36.0 Å². The lowest BCUT2D eigenvalue weighted by molar-refractivity contribution is -0.154. The molecule has 27 heavy (non-hydrogen) atoms. The second-order valence-corrected chi connectivity index (χ2v) is 8.28. The van der Waals surface area contributed by atoms with E-state index in [0.717, 1.165) is 10.5 Å². The SMILES string of the molecule is Cc1cc(C)c(S(=O)(=O)NCCC(=O)OCC(=O)N2CCCC2=O)c(C)c1. The summed E-state index contributed by atoms with van der Waals surface area (Å²) in [4.78, 5) is 36.2. The van der Waals surface area contributed by atoms with Gasteiger partial charge in [-0.2, -0.15) is 0 Å². The van der Waals surface area contributed by atoms with Crippen LogP contribution in [0.2, 0.25) is 0 Å². The van der Waals surface area contributed by atoms with Gasteiger partial charge in [0.05, 0.1) is 11.3 Å². The molecule has 0 bridgehead atoms. The second kappa shape index (κ2) is 8.62. The minimum atomic E-state index is -3.76. The van der Waals surface area contributed by atoms with Crippen molar-refractivity contribution in [1.82, 2.24) is 9.62 Å². The second-order valence-electron chi connectivity index (χ2n) is 6.58. The number of nitrogens with one attached hydrogen (secondary N) is 1. The van der Waals surface area contributed by atoms with Crippen molar-refractivity contribution in [3.05, 3.63) is 28.8 Å². The zero-order valence-corrected chi connectivity index (χ0v) is 16.5. The van der Waals surface area contributed by atoms with Crippen molar-refractivity contribution in [3.63, 3.8) is 0 Å². The molecule has 1 heterocycles. The maximum Gasteiger partial charge on any atom is 0.307 e. The van der Waals surface area contributed by atoms with E-state index < -0.39 is 28.5 Å². The van der Waals surface area contributed by atoms with Gasteiger partial charge in [0.25, 0.3) is 5.91 Å². The fraction of sp³-hybridized carbons (Fsp3) is 0.500. The summed E-state index contributed by atoms with van der Waals surface area (Å²) < 4.78 is 32.2. The molecule has 1 saturated heterocycles. The Labute approximate surface area is 158 Å². The number of ether oxygens (including phenoxy) is 1. The van der Waals surface area contributed by atoms with Crippen molar-refractivity contribution in [2.45, 2.75) is 44.9 Å². The van der Waals surface area contributed by atoms with Gasteiger partial charge in [-0.1, -0.05) is 17.7 Å². The lowest BCUT2D eigenvalue weighted by Crippen LogP contribution is -2.35. The molecule has 1 aliphatic heterocycles. The van der Waals surface area contributed by atoms with Crippen LogP contribution in [0.15, 0.2) is 17.0 Å². The number of sulfonamides is 1. The van der Waals surface area contributed by atoms with Gasteiger partial charge in [-0.25, -0.2) is 13.1 Å². The van der Waals surface area contributed by atoms with Gasteiger partial charge < -0.3 is 4.74 Å². The zero-order valence-electron chi connectivity index (χ0n) is 15.7. The first-order valence-electron chi connectivity index (χ1n) is 8.68. The first kappa shape index (κ1) is 21.0. The standard InChI is InChI=1S/C18H24N2O6S/c1-12-9-13(2)18(14(3)10-12)27(24,25)19-7-6-17(23)26-11-16(22)20-8-4-5-15(20)21/h9-10,19H,4-8,11H2,1-3H3. The average Bonchev–Trinajstić information content (AvgIpc) is 2.97. The molecule has 8 nitrogen and oxygen atoms in total. The Balaban J connectivity index is 1.84. The Bertz CT molecular complexity index is 840. The molecule has 0 aromatic heterocycles. The fourth-order valence-corrected chi connectivity index (χ4v) is 4.64. The number of hydrogen-bond acceptors (Lipinski definition) is 6. The van der Waals surface area contributed by atoms with Crippen LogP contribution in [0.3, 0.4) is 0 Å². The largest absolute Gasteiger partial charge is 0.456 e. The maximum atomic E-state index is 12.5. The van der Waals surface area contributed by atoms with Crippen molar-refractivity contribution in [2.24, 2.45) is 0 Å². The van der Waals surface area contributed by atoms with E-state index in [4.69, 9.17) is 4.74 Å². The third-order valence-electron chi connectivity index (χ3n) is 4.23. The van der Waals surface area contributed by atoms with Crippen LogP contribution in [-0.4, -0.2) is 50.8 Å². The molecule has 1 aliphatic rings. The van der Waals surface area contributed by atoms with E-state index in [9.17, 15) is 22.8 Å². The van der Waals surface area contributed by atoms with Crippen LogP contribution in [0.5, 0.6) is 0 Å². The number of imide groups is 1. The highest BCUT2D eigenvalue weighted by atomic mass is 32.2. The molecule has 1 N–H and O–H groups in total. The zero-order chi connectivity index (χ0) is 20.2. The maximum absolute atomic E-state index is 12.5. The van der Waals surface area contributed by atoms with Gasteiger partial charge in [0.2, 0.25) is 15.9 Å². The number of amides is 2. The summed E-state index contributed by atoms with van der Waals surface area (Å²) in [5.41, 5.74) is 2.22. The predicted octanol–water partition coefficient (Wildman–Crippen LogP) is 0.972. The summed E-state index contributed by atoms with van der Waals surface area (Å²) >= 11 is 0. The van der Waals surface area contributed by atoms with Crippen LogP contribution < -0.4 is 4.72 Å². The summed E-state index contributed by atoms with van der Waals surface area (Å²) in [6, 6.07) is 3.56. The Morgan fingerprint density at radius 1 is 1.19 bits per heavy atom. The molecule has 0 spiro atoms. The van der Waals surface area contributed by atoms with E-state index in [-0.39, 0.29) is 23.8 Å². The van der Waals surface area contributed by atoms with Crippen LogP contribution in [0, 0.1) is 20.8 Å². The highest BCUT2D eigenvalue weighted by Gasteiger charge is 2.27. The topological polar surface area (TPSA) is 110 Å². The van der Waals surface area contributed by atoms with Gasteiger partial charge >= 0.3 is 5.97 Å². The number of hydrogen-bond donors (Lipinski definition) is 1. The lowest BCUT2D eigenvalue weighted by Gasteiger charge is -2.14. The molecule has 1 fully saturated rings. The molecule has 0 saturated carbocycles. The van der Waals surface area contributed by atoms with Crippen LogP contribution in [-0.2, 0) is 29.1 Å². The van der Waals surface area contributed by atoms with E-state index in [2.05, 4.69) is 4.72 Å². The van der Waals surface area contributed by atoms with Gasteiger partial charge in [-0.05, 0) is 38.3 Å². The van der Waals surface area contributed by atoms with Crippen molar-refractivity contribution >= 4 is 27.8 Å². The Hall–Kier alpha value is -2.26. The smallest absolute Gasteiger partial charge is 0.307 e. The van der Waals surface area contributed by atoms with Crippen molar-refractivity contribution in [2.75, 3.05) is 19.7 Å². The number of nitrogens with zero attached hydrogens (tertiary/aromatic N) is 1. The lowest BCUT2D eigenvalue weighted by atomic mass is 10.1. The molecule has 0 atom stereocenters. The van der Waals surface area contributed by atoms with Gasteiger partial charge in [-0.3, -0.25) is 19.3 Å². The Morgan fingerprint density at radius 3 is 2.37 bits per heavy atom. The average molecular weight is 396 g/mol. The quantitative estimate of drug-likeness (QED) is 0.688. The number of esters is 1. The third kappa shape index (κ3) is 5.36. The molecule has 2 rings (SSSR count). The minimum absolute atomic E-state index is 0.148. The van der Waals surface area contributed by atoms with Crippen LogP contribution in [0.25, 0.3) is 0 Å². The Kier molecular flexibility index (Phi) is 6.72. The van der Waals surface area contributed by atoms with Crippen molar-refractivity contribution in [3.8, 4) is 0 Å². The first-order chi connectivity index (χ1) is 12.6. The summed E-state index contributed by atoms with van der Waals surface area (Å²) in [7, 11) is -3.76. The van der Waals surface area contributed by atoms with Crippen molar-refractivity contribution < 1.29 is 27.5 Å². The number of rotatable bonds is 7. The van der Waals surface area contributed by atoms with E-state index in [1.807, 2.05) is 6.92 Å². The first-order valence-corrected chi connectivity index (χ1v) is 10.2. The summed E-state index contributed by atoms with van der Waals surface area (Å²) in [5, 5.41) is 0. The van der Waals surface area contributed by atoms with E-state index in [0.29, 0.717) is 30.5 Å². The molecule has 0 aliphatic carbocycles. The number of carbonyl (C=O) groups excluding carboxylic acids is 3. The number of carbonyl (C=O) groups is 3.